The first kappa shape index (κ1) is 17.1. The van der Waals surface area contributed by atoms with Crippen molar-refractivity contribution in [3.8, 4) is 0 Å². The molecule has 132 valence electrons. The van der Waals surface area contributed by atoms with Crippen molar-refractivity contribution in [3.63, 3.8) is 0 Å². The van der Waals surface area contributed by atoms with Gasteiger partial charge in [0.15, 0.2) is 0 Å². The van der Waals surface area contributed by atoms with Gasteiger partial charge in [-0.15, -0.1) is 0 Å². The van der Waals surface area contributed by atoms with E-state index in [1.54, 1.807) is 6.92 Å². The highest BCUT2D eigenvalue weighted by atomic mass is 19.1. The second-order valence-corrected chi connectivity index (χ2v) is 6.02. The van der Waals surface area contributed by atoms with Crippen molar-refractivity contribution in [2.75, 3.05) is 23.3 Å². The molecule has 0 atom stereocenters. The summed E-state index contributed by atoms with van der Waals surface area (Å²) in [4.78, 5) is 30.9. The number of carbonyl (C=O) groups is 1. The van der Waals surface area contributed by atoms with Crippen molar-refractivity contribution in [2.24, 2.45) is 0 Å². The van der Waals surface area contributed by atoms with Crippen molar-refractivity contribution in [1.29, 1.82) is 0 Å². The van der Waals surface area contributed by atoms with E-state index in [4.69, 9.17) is 0 Å². The summed E-state index contributed by atoms with van der Waals surface area (Å²) < 4.78 is 27.7. The predicted molar refractivity (Wildman–Crippen MR) is 89.7 cm³/mol. The van der Waals surface area contributed by atoms with E-state index in [0.717, 1.165) is 44.1 Å². The molecule has 0 spiro atoms. The van der Waals surface area contributed by atoms with E-state index in [1.165, 1.54) is 10.6 Å². The maximum absolute atomic E-state index is 13.2. The van der Waals surface area contributed by atoms with Crippen LogP contribution in [-0.4, -0.2) is 28.5 Å². The molecule has 0 aliphatic carbocycles. The minimum absolute atomic E-state index is 0.00153. The molecule has 0 bridgehead atoms. The number of halogens is 2. The average Bonchev–Trinajstić information content (AvgIpc) is 3.02. The summed E-state index contributed by atoms with van der Waals surface area (Å²) in [6.07, 6.45) is 2.00. The lowest BCUT2D eigenvalue weighted by molar-refractivity contribution is -0.116. The van der Waals surface area contributed by atoms with Gasteiger partial charge in [-0.3, -0.25) is 14.2 Å². The van der Waals surface area contributed by atoms with Gasteiger partial charge in [0.05, 0.1) is 0 Å². The smallest absolute Gasteiger partial charge is 0.255 e. The molecule has 1 amide bonds. The van der Waals surface area contributed by atoms with Gasteiger partial charge in [0.25, 0.3) is 5.56 Å². The van der Waals surface area contributed by atoms with Gasteiger partial charge in [-0.1, -0.05) is 0 Å². The number of nitrogens with one attached hydrogen (secondary N) is 1. The van der Waals surface area contributed by atoms with E-state index in [2.05, 4.69) is 10.3 Å². The van der Waals surface area contributed by atoms with Gasteiger partial charge in [-0.05, 0) is 31.9 Å². The number of amides is 1. The van der Waals surface area contributed by atoms with Crippen LogP contribution in [0.2, 0.25) is 0 Å². The van der Waals surface area contributed by atoms with Gasteiger partial charge in [-0.25, -0.2) is 13.8 Å². The SMILES string of the molecule is Cc1cc(=O)n(CC(=O)Nc2cc(F)cc(F)c2)c(N2CCCC2)n1. The quantitative estimate of drug-likeness (QED) is 0.919. The highest BCUT2D eigenvalue weighted by Gasteiger charge is 2.20. The fourth-order valence-corrected chi connectivity index (χ4v) is 2.88. The maximum atomic E-state index is 13.2. The highest BCUT2D eigenvalue weighted by Crippen LogP contribution is 2.17. The number of hydrogen-bond donors (Lipinski definition) is 1. The summed E-state index contributed by atoms with van der Waals surface area (Å²) in [6, 6.07) is 4.10. The lowest BCUT2D eigenvalue weighted by atomic mass is 10.3. The van der Waals surface area contributed by atoms with Crippen molar-refractivity contribution >= 4 is 17.5 Å². The number of hydrogen-bond acceptors (Lipinski definition) is 4. The number of aromatic nitrogens is 2. The molecular formula is C17H18F2N4O2. The Morgan fingerprint density at radius 3 is 2.44 bits per heavy atom. The molecule has 1 fully saturated rings. The maximum Gasteiger partial charge on any atom is 0.255 e. The summed E-state index contributed by atoms with van der Waals surface area (Å²) in [7, 11) is 0. The number of carbonyl (C=O) groups excluding carboxylic acids is 1. The summed E-state index contributed by atoms with van der Waals surface area (Å²) in [5.74, 6) is -1.69. The molecular weight excluding hydrogens is 330 g/mol. The third-order valence-corrected chi connectivity index (χ3v) is 3.95. The number of rotatable bonds is 4. The molecule has 1 N–H and O–H groups in total. The topological polar surface area (TPSA) is 67.2 Å². The van der Waals surface area contributed by atoms with Crippen LogP contribution < -0.4 is 15.8 Å². The van der Waals surface area contributed by atoms with Crippen LogP contribution in [0, 0.1) is 18.6 Å². The zero-order chi connectivity index (χ0) is 18.0. The molecule has 0 unspecified atom stereocenters. The zero-order valence-corrected chi connectivity index (χ0v) is 13.8. The Labute approximate surface area is 143 Å². The van der Waals surface area contributed by atoms with Gasteiger partial charge < -0.3 is 10.2 Å². The van der Waals surface area contributed by atoms with Crippen LogP contribution in [0.25, 0.3) is 0 Å². The van der Waals surface area contributed by atoms with E-state index < -0.39 is 17.5 Å². The Morgan fingerprint density at radius 1 is 1.16 bits per heavy atom. The monoisotopic (exact) mass is 348 g/mol. The second kappa shape index (κ2) is 7.00. The van der Waals surface area contributed by atoms with E-state index in [0.29, 0.717) is 11.6 Å². The largest absolute Gasteiger partial charge is 0.342 e. The van der Waals surface area contributed by atoms with Gasteiger partial charge >= 0.3 is 0 Å². The summed E-state index contributed by atoms with van der Waals surface area (Å²) in [5, 5.41) is 2.41. The first-order valence-corrected chi connectivity index (χ1v) is 8.02. The molecule has 25 heavy (non-hydrogen) atoms. The fourth-order valence-electron chi connectivity index (χ4n) is 2.88. The lowest BCUT2D eigenvalue weighted by Crippen LogP contribution is -2.34. The lowest BCUT2D eigenvalue weighted by Gasteiger charge is -2.21. The number of aryl methyl sites for hydroxylation is 1. The zero-order valence-electron chi connectivity index (χ0n) is 13.8. The van der Waals surface area contributed by atoms with Crippen molar-refractivity contribution in [2.45, 2.75) is 26.3 Å². The van der Waals surface area contributed by atoms with Crippen LogP contribution in [0.3, 0.4) is 0 Å². The van der Waals surface area contributed by atoms with Crippen molar-refractivity contribution in [1.82, 2.24) is 9.55 Å². The second-order valence-electron chi connectivity index (χ2n) is 6.02. The molecule has 0 saturated carbocycles. The predicted octanol–water partition coefficient (Wildman–Crippen LogP) is 2.07. The number of nitrogens with zero attached hydrogens (tertiary/aromatic N) is 3. The first-order chi connectivity index (χ1) is 11.9. The molecule has 1 aliphatic rings. The summed E-state index contributed by atoms with van der Waals surface area (Å²) >= 11 is 0. The van der Waals surface area contributed by atoms with Crippen LogP contribution in [0.5, 0.6) is 0 Å². The normalized spacial score (nSPS) is 14.0. The molecule has 3 rings (SSSR count). The minimum atomic E-state index is -0.790. The fraction of sp³-hybridized carbons (Fsp3) is 0.353. The molecule has 6 nitrogen and oxygen atoms in total. The average molecular weight is 348 g/mol. The highest BCUT2D eigenvalue weighted by molar-refractivity contribution is 5.90. The molecule has 8 heteroatoms. The van der Waals surface area contributed by atoms with E-state index in [-0.39, 0.29) is 17.8 Å². The Morgan fingerprint density at radius 2 is 1.80 bits per heavy atom. The first-order valence-electron chi connectivity index (χ1n) is 8.02. The molecule has 2 aromatic rings. The van der Waals surface area contributed by atoms with Gasteiger partial charge in [-0.2, -0.15) is 0 Å². The summed E-state index contributed by atoms with van der Waals surface area (Å²) in [6.45, 7) is 2.98. The van der Waals surface area contributed by atoms with E-state index in [1.807, 2.05) is 4.90 Å². The van der Waals surface area contributed by atoms with Crippen LogP contribution >= 0.6 is 0 Å². The number of benzene rings is 1. The Hall–Kier alpha value is -2.77. The van der Waals surface area contributed by atoms with Crippen LogP contribution in [-0.2, 0) is 11.3 Å². The molecule has 2 heterocycles. The van der Waals surface area contributed by atoms with Crippen LogP contribution in [0.1, 0.15) is 18.5 Å². The molecule has 1 aromatic carbocycles. The Balaban J connectivity index is 1.84. The van der Waals surface area contributed by atoms with Gasteiger partial charge in [0, 0.05) is 36.6 Å². The molecule has 1 saturated heterocycles. The van der Waals surface area contributed by atoms with Gasteiger partial charge in [0.2, 0.25) is 11.9 Å². The number of anilines is 2. The summed E-state index contributed by atoms with van der Waals surface area (Å²) in [5.41, 5.74) is 0.240. The van der Waals surface area contributed by atoms with Crippen LogP contribution in [0.15, 0.2) is 29.1 Å². The van der Waals surface area contributed by atoms with Gasteiger partial charge in [0.1, 0.15) is 18.2 Å². The van der Waals surface area contributed by atoms with Crippen molar-refractivity contribution < 1.29 is 13.6 Å². The Bertz CT molecular complexity index is 840. The third kappa shape index (κ3) is 4.01. The molecule has 1 aromatic heterocycles. The standard InChI is InChI=1S/C17H18F2N4O2/c1-11-6-16(25)23(17(20-11)22-4-2-3-5-22)10-15(24)21-14-8-12(18)7-13(19)9-14/h6-9H,2-5,10H2,1H3,(H,21,24). The third-order valence-electron chi connectivity index (χ3n) is 3.95. The molecule has 0 radical (unpaired) electrons. The Kier molecular flexibility index (Phi) is 4.78. The minimum Gasteiger partial charge on any atom is -0.342 e. The van der Waals surface area contributed by atoms with E-state index in [9.17, 15) is 18.4 Å². The van der Waals surface area contributed by atoms with Crippen LogP contribution in [0.4, 0.5) is 20.4 Å². The van der Waals surface area contributed by atoms with Crippen molar-refractivity contribution in [3.05, 3.63) is 51.9 Å². The molecule has 1 aliphatic heterocycles. The van der Waals surface area contributed by atoms with E-state index >= 15 is 0 Å².